The Kier molecular flexibility index (Phi) is 6.80. The Morgan fingerprint density at radius 2 is 1.64 bits per heavy atom. The van der Waals surface area contributed by atoms with Crippen molar-refractivity contribution >= 4 is 17.5 Å². The number of halogens is 1. The van der Waals surface area contributed by atoms with Crippen molar-refractivity contribution < 1.29 is 14.0 Å². The standard InChI is InChI=1S/C26H21FN4O2/c27-21-9-6-10-22(17-21)31(26(33)23-11-4-5-14-29-23)24(20-12-15-28-16-13-20)25(32)30-18-19-7-2-1-3-8-19/h1-17,24H,18H2,(H,30,32). The van der Waals surface area contributed by atoms with Gasteiger partial charge in [-0.2, -0.15) is 0 Å². The summed E-state index contributed by atoms with van der Waals surface area (Å²) in [5.41, 5.74) is 1.82. The number of carbonyl (C=O) groups is 2. The molecule has 164 valence electrons. The van der Waals surface area contributed by atoms with Crippen LogP contribution in [0, 0.1) is 5.82 Å². The maximum atomic E-state index is 14.2. The quantitative estimate of drug-likeness (QED) is 0.464. The number of hydrogen-bond donors (Lipinski definition) is 1. The summed E-state index contributed by atoms with van der Waals surface area (Å²) in [6.07, 6.45) is 4.58. The van der Waals surface area contributed by atoms with Gasteiger partial charge in [-0.3, -0.25) is 24.5 Å². The Morgan fingerprint density at radius 3 is 2.33 bits per heavy atom. The van der Waals surface area contributed by atoms with Crippen molar-refractivity contribution in [3.63, 3.8) is 0 Å². The van der Waals surface area contributed by atoms with Crippen LogP contribution in [-0.4, -0.2) is 21.8 Å². The normalized spacial score (nSPS) is 11.4. The Balaban J connectivity index is 1.77. The third-order valence-electron chi connectivity index (χ3n) is 5.03. The van der Waals surface area contributed by atoms with Crippen LogP contribution in [-0.2, 0) is 11.3 Å². The zero-order valence-corrected chi connectivity index (χ0v) is 17.6. The number of anilines is 1. The zero-order chi connectivity index (χ0) is 23.0. The Hall–Kier alpha value is -4.39. The lowest BCUT2D eigenvalue weighted by Crippen LogP contribution is -2.44. The monoisotopic (exact) mass is 440 g/mol. The highest BCUT2D eigenvalue weighted by Gasteiger charge is 2.34. The maximum absolute atomic E-state index is 14.2. The Bertz CT molecular complexity index is 1220. The number of rotatable bonds is 7. The van der Waals surface area contributed by atoms with Gasteiger partial charge in [0.25, 0.3) is 5.91 Å². The molecule has 1 atom stereocenters. The fourth-order valence-electron chi connectivity index (χ4n) is 3.47. The predicted octanol–water partition coefficient (Wildman–Crippen LogP) is 4.32. The van der Waals surface area contributed by atoms with Crippen molar-refractivity contribution in [2.45, 2.75) is 12.6 Å². The van der Waals surface area contributed by atoms with E-state index in [1.54, 1.807) is 48.8 Å². The average Bonchev–Trinajstić information content (AvgIpc) is 2.87. The fraction of sp³-hybridized carbons (Fsp3) is 0.0769. The van der Waals surface area contributed by atoms with Crippen molar-refractivity contribution in [3.05, 3.63) is 126 Å². The summed E-state index contributed by atoms with van der Waals surface area (Å²) >= 11 is 0. The van der Waals surface area contributed by atoms with Crippen molar-refractivity contribution in [2.75, 3.05) is 4.90 Å². The molecule has 0 saturated carbocycles. The first-order valence-corrected chi connectivity index (χ1v) is 10.4. The lowest BCUT2D eigenvalue weighted by atomic mass is 10.0. The first kappa shape index (κ1) is 21.8. The van der Waals surface area contributed by atoms with Crippen LogP contribution in [0.1, 0.15) is 27.7 Å². The zero-order valence-electron chi connectivity index (χ0n) is 17.6. The molecule has 0 aliphatic heterocycles. The van der Waals surface area contributed by atoms with E-state index in [-0.39, 0.29) is 17.9 Å². The molecule has 0 saturated heterocycles. The van der Waals surface area contributed by atoms with Crippen molar-refractivity contribution in [1.82, 2.24) is 15.3 Å². The van der Waals surface area contributed by atoms with Gasteiger partial charge in [-0.25, -0.2) is 4.39 Å². The second kappa shape index (κ2) is 10.3. The number of carbonyl (C=O) groups excluding carboxylic acids is 2. The van der Waals surface area contributed by atoms with Crippen molar-refractivity contribution in [3.8, 4) is 0 Å². The molecule has 33 heavy (non-hydrogen) atoms. The topological polar surface area (TPSA) is 75.2 Å². The van der Waals surface area contributed by atoms with Crippen LogP contribution in [0.4, 0.5) is 10.1 Å². The van der Waals surface area contributed by atoms with Gasteiger partial charge in [-0.15, -0.1) is 0 Å². The number of hydrogen-bond acceptors (Lipinski definition) is 4. The van der Waals surface area contributed by atoms with Gasteiger partial charge in [-0.05, 0) is 53.6 Å². The molecule has 2 aromatic heterocycles. The molecule has 2 aromatic carbocycles. The molecule has 7 heteroatoms. The minimum atomic E-state index is -1.08. The molecule has 6 nitrogen and oxygen atoms in total. The van der Waals surface area contributed by atoms with Crippen molar-refractivity contribution in [1.29, 1.82) is 0 Å². The smallest absolute Gasteiger partial charge is 0.277 e. The number of pyridine rings is 2. The van der Waals surface area contributed by atoms with Crippen molar-refractivity contribution in [2.24, 2.45) is 0 Å². The summed E-state index contributed by atoms with van der Waals surface area (Å²) in [5, 5.41) is 2.90. The van der Waals surface area contributed by atoms with Gasteiger partial charge in [0.1, 0.15) is 17.6 Å². The molecule has 0 aliphatic rings. The summed E-state index contributed by atoms with van der Waals surface area (Å²) in [6, 6.07) is 22.2. The molecule has 2 amide bonds. The number of aromatic nitrogens is 2. The molecule has 2 heterocycles. The molecular weight excluding hydrogens is 419 g/mol. The van der Waals surface area contributed by atoms with Crippen LogP contribution in [0.2, 0.25) is 0 Å². The van der Waals surface area contributed by atoms with E-state index in [1.165, 1.54) is 29.3 Å². The van der Waals surface area contributed by atoms with E-state index in [0.29, 0.717) is 5.56 Å². The highest BCUT2D eigenvalue weighted by atomic mass is 19.1. The first-order chi connectivity index (χ1) is 16.1. The average molecular weight is 440 g/mol. The van der Waals surface area contributed by atoms with Crippen LogP contribution in [0.3, 0.4) is 0 Å². The number of nitrogens with one attached hydrogen (secondary N) is 1. The van der Waals surface area contributed by atoms with Crippen LogP contribution in [0.25, 0.3) is 0 Å². The van der Waals surface area contributed by atoms with E-state index in [0.717, 1.165) is 5.56 Å². The summed E-state index contributed by atoms with van der Waals surface area (Å²) in [7, 11) is 0. The van der Waals surface area contributed by atoms with E-state index >= 15 is 0 Å². The van der Waals surface area contributed by atoms with E-state index in [4.69, 9.17) is 0 Å². The van der Waals surface area contributed by atoms with Gasteiger partial charge in [0, 0.05) is 30.8 Å². The summed E-state index contributed by atoms with van der Waals surface area (Å²) < 4.78 is 14.2. The summed E-state index contributed by atoms with van der Waals surface area (Å²) in [4.78, 5) is 36.5. The molecule has 0 fully saturated rings. The predicted molar refractivity (Wildman–Crippen MR) is 123 cm³/mol. The molecular formula is C26H21FN4O2. The highest BCUT2D eigenvalue weighted by Crippen LogP contribution is 2.30. The van der Waals surface area contributed by atoms with Crippen LogP contribution in [0.5, 0.6) is 0 Å². The SMILES string of the molecule is O=C(NCc1ccccc1)C(c1ccncc1)N(C(=O)c1ccccn1)c1cccc(F)c1. The highest BCUT2D eigenvalue weighted by molar-refractivity contribution is 6.09. The summed E-state index contributed by atoms with van der Waals surface area (Å²) in [5.74, 6) is -1.47. The van der Waals surface area contributed by atoms with Gasteiger partial charge >= 0.3 is 0 Å². The largest absolute Gasteiger partial charge is 0.350 e. The van der Waals surface area contributed by atoms with E-state index < -0.39 is 23.7 Å². The minimum absolute atomic E-state index is 0.136. The molecule has 0 radical (unpaired) electrons. The lowest BCUT2D eigenvalue weighted by molar-refractivity contribution is -0.122. The van der Waals surface area contributed by atoms with Gasteiger partial charge < -0.3 is 5.32 Å². The number of benzene rings is 2. The first-order valence-electron chi connectivity index (χ1n) is 10.4. The maximum Gasteiger partial charge on any atom is 0.277 e. The summed E-state index contributed by atoms with van der Waals surface area (Å²) in [6.45, 7) is 0.274. The van der Waals surface area contributed by atoms with Crippen LogP contribution in [0.15, 0.2) is 104 Å². The van der Waals surface area contributed by atoms with Gasteiger partial charge in [0.15, 0.2) is 0 Å². The van der Waals surface area contributed by atoms with Gasteiger partial charge in [0.05, 0.1) is 0 Å². The van der Waals surface area contributed by atoms with E-state index in [9.17, 15) is 14.0 Å². The Morgan fingerprint density at radius 1 is 0.879 bits per heavy atom. The fourth-order valence-corrected chi connectivity index (χ4v) is 3.47. The Labute approximate surface area is 190 Å². The van der Waals surface area contributed by atoms with E-state index in [2.05, 4.69) is 15.3 Å². The van der Waals surface area contributed by atoms with Crippen LogP contribution >= 0.6 is 0 Å². The molecule has 0 aliphatic carbocycles. The molecule has 4 rings (SSSR count). The van der Waals surface area contributed by atoms with Crippen LogP contribution < -0.4 is 10.2 Å². The van der Waals surface area contributed by atoms with E-state index in [1.807, 2.05) is 30.3 Å². The molecule has 1 N–H and O–H groups in total. The lowest BCUT2D eigenvalue weighted by Gasteiger charge is -2.31. The molecule has 0 bridgehead atoms. The molecule has 1 unspecified atom stereocenters. The second-order valence-electron chi connectivity index (χ2n) is 7.26. The van der Waals surface area contributed by atoms with Gasteiger partial charge in [-0.1, -0.05) is 42.5 Å². The number of amides is 2. The third-order valence-corrected chi connectivity index (χ3v) is 5.03. The second-order valence-corrected chi connectivity index (χ2v) is 7.26. The van der Waals surface area contributed by atoms with Gasteiger partial charge in [0.2, 0.25) is 5.91 Å². The molecule has 4 aromatic rings. The third kappa shape index (κ3) is 5.27. The molecule has 0 spiro atoms. The minimum Gasteiger partial charge on any atom is -0.350 e. The number of nitrogens with zero attached hydrogens (tertiary/aromatic N) is 3.